The molecule has 1 aromatic rings. The van der Waals surface area contributed by atoms with Crippen molar-refractivity contribution in [1.29, 1.82) is 0 Å². The first-order valence-corrected chi connectivity index (χ1v) is 10.6. The SMILES string of the molecule is CS(=O)(=O)N(CCNC(=O)C1CCOCC1)CCc1cccc(Cl)c1. The molecule has 1 N–H and O–H groups in total. The Balaban J connectivity index is 1.82. The number of rotatable bonds is 8. The number of sulfonamides is 1. The molecule has 6 nitrogen and oxygen atoms in total. The standard InChI is InChI=1S/C17H25ClN2O4S/c1-25(22,23)20(9-5-14-3-2-4-16(18)13-14)10-8-19-17(21)15-6-11-24-12-7-15/h2-4,13,15H,5-12H2,1H3,(H,19,21). The van der Waals surface area contributed by atoms with Gasteiger partial charge in [-0.2, -0.15) is 0 Å². The molecule has 0 unspecified atom stereocenters. The van der Waals surface area contributed by atoms with Crippen LogP contribution in [0.2, 0.25) is 5.02 Å². The van der Waals surface area contributed by atoms with Gasteiger partial charge in [0.05, 0.1) is 6.26 Å². The summed E-state index contributed by atoms with van der Waals surface area (Å²) in [6.45, 7) is 2.12. The second-order valence-electron chi connectivity index (χ2n) is 6.22. The number of ether oxygens (including phenoxy) is 1. The van der Waals surface area contributed by atoms with Gasteiger partial charge in [0.2, 0.25) is 15.9 Å². The van der Waals surface area contributed by atoms with E-state index in [1.165, 1.54) is 10.6 Å². The lowest BCUT2D eigenvalue weighted by Gasteiger charge is -2.23. The molecule has 1 aliphatic rings. The van der Waals surface area contributed by atoms with Gasteiger partial charge < -0.3 is 10.1 Å². The third-order valence-electron chi connectivity index (χ3n) is 4.26. The van der Waals surface area contributed by atoms with Crippen LogP contribution in [0.25, 0.3) is 0 Å². The molecule has 1 saturated heterocycles. The number of carbonyl (C=O) groups excluding carboxylic acids is 1. The van der Waals surface area contributed by atoms with Crippen LogP contribution in [0.15, 0.2) is 24.3 Å². The Morgan fingerprint density at radius 2 is 2.04 bits per heavy atom. The number of amides is 1. The van der Waals surface area contributed by atoms with Gasteiger partial charge in [-0.05, 0) is 37.0 Å². The average Bonchev–Trinajstić information content (AvgIpc) is 2.57. The zero-order valence-corrected chi connectivity index (χ0v) is 16.0. The monoisotopic (exact) mass is 388 g/mol. The maximum Gasteiger partial charge on any atom is 0.223 e. The average molecular weight is 389 g/mol. The molecule has 0 atom stereocenters. The van der Waals surface area contributed by atoms with Gasteiger partial charge >= 0.3 is 0 Å². The van der Waals surface area contributed by atoms with Crippen molar-refractivity contribution in [2.75, 3.05) is 39.1 Å². The van der Waals surface area contributed by atoms with Crippen molar-refractivity contribution in [2.45, 2.75) is 19.3 Å². The second kappa shape index (κ2) is 9.52. The fraction of sp³-hybridized carbons (Fsp3) is 0.588. The molecule has 0 spiro atoms. The van der Waals surface area contributed by atoms with Gasteiger partial charge in [0.15, 0.2) is 0 Å². The fourth-order valence-corrected chi connectivity index (χ4v) is 3.86. The highest BCUT2D eigenvalue weighted by atomic mass is 35.5. The molecule has 1 aromatic carbocycles. The molecule has 0 aliphatic carbocycles. The van der Waals surface area contributed by atoms with Gasteiger partial charge in [-0.1, -0.05) is 23.7 Å². The Labute approximate surface area is 154 Å². The van der Waals surface area contributed by atoms with E-state index in [2.05, 4.69) is 5.32 Å². The molecule has 25 heavy (non-hydrogen) atoms. The molecule has 140 valence electrons. The first-order chi connectivity index (χ1) is 11.9. The van der Waals surface area contributed by atoms with Gasteiger partial charge in [0.1, 0.15) is 0 Å². The summed E-state index contributed by atoms with van der Waals surface area (Å²) in [7, 11) is -3.34. The molecule has 1 fully saturated rings. The highest BCUT2D eigenvalue weighted by Crippen LogP contribution is 2.14. The lowest BCUT2D eigenvalue weighted by atomic mass is 9.99. The third kappa shape index (κ3) is 6.93. The van der Waals surface area contributed by atoms with Crippen LogP contribution in [0.1, 0.15) is 18.4 Å². The van der Waals surface area contributed by atoms with E-state index in [9.17, 15) is 13.2 Å². The normalized spacial score (nSPS) is 16.1. The maximum absolute atomic E-state index is 12.1. The minimum absolute atomic E-state index is 0.0217. The zero-order chi connectivity index (χ0) is 18.3. The smallest absolute Gasteiger partial charge is 0.223 e. The summed E-state index contributed by atoms with van der Waals surface area (Å²) in [5.74, 6) is -0.0570. The number of hydrogen-bond acceptors (Lipinski definition) is 4. The third-order valence-corrected chi connectivity index (χ3v) is 5.80. The van der Waals surface area contributed by atoms with Crippen molar-refractivity contribution >= 4 is 27.5 Å². The van der Waals surface area contributed by atoms with Crippen molar-refractivity contribution in [3.05, 3.63) is 34.9 Å². The molecule has 0 radical (unpaired) electrons. The zero-order valence-electron chi connectivity index (χ0n) is 14.4. The van der Waals surface area contributed by atoms with Gasteiger partial charge in [0, 0.05) is 43.8 Å². The Bertz CT molecular complexity index is 675. The Kier molecular flexibility index (Phi) is 7.68. The van der Waals surface area contributed by atoms with Gasteiger partial charge in [0.25, 0.3) is 0 Å². The molecule has 8 heteroatoms. The molecule has 0 aromatic heterocycles. The maximum atomic E-state index is 12.1. The van der Waals surface area contributed by atoms with Crippen molar-refractivity contribution < 1.29 is 17.9 Å². The van der Waals surface area contributed by atoms with E-state index < -0.39 is 10.0 Å². The first-order valence-electron chi connectivity index (χ1n) is 8.41. The van der Waals surface area contributed by atoms with Crippen LogP contribution in [-0.2, 0) is 26.0 Å². The number of halogens is 1. The number of nitrogens with zero attached hydrogens (tertiary/aromatic N) is 1. The van der Waals surface area contributed by atoms with Crippen LogP contribution in [-0.4, -0.2) is 57.7 Å². The van der Waals surface area contributed by atoms with E-state index in [0.29, 0.717) is 37.7 Å². The van der Waals surface area contributed by atoms with Gasteiger partial charge in [-0.3, -0.25) is 4.79 Å². The van der Waals surface area contributed by atoms with Crippen molar-refractivity contribution in [3.63, 3.8) is 0 Å². The molecule has 1 heterocycles. The number of benzene rings is 1. The van der Waals surface area contributed by atoms with Crippen LogP contribution in [0.4, 0.5) is 0 Å². The largest absolute Gasteiger partial charge is 0.381 e. The minimum atomic E-state index is -3.34. The van der Waals surface area contributed by atoms with Crippen LogP contribution < -0.4 is 5.32 Å². The molecule has 0 bridgehead atoms. The van der Waals surface area contributed by atoms with Crippen molar-refractivity contribution in [1.82, 2.24) is 9.62 Å². The minimum Gasteiger partial charge on any atom is -0.381 e. The molecule has 2 rings (SSSR count). The van der Waals surface area contributed by atoms with E-state index in [-0.39, 0.29) is 18.4 Å². The molecular formula is C17H25ClN2O4S. The predicted octanol–water partition coefficient (Wildman–Crippen LogP) is 1.69. The van der Waals surface area contributed by atoms with Crippen LogP contribution in [0.3, 0.4) is 0 Å². The van der Waals surface area contributed by atoms with E-state index in [1.54, 1.807) is 6.07 Å². The first kappa shape index (κ1) is 20.2. The van der Waals surface area contributed by atoms with Gasteiger partial charge in [-0.15, -0.1) is 0 Å². The Morgan fingerprint density at radius 1 is 1.32 bits per heavy atom. The predicted molar refractivity (Wildman–Crippen MR) is 98.1 cm³/mol. The van der Waals surface area contributed by atoms with Crippen molar-refractivity contribution in [3.8, 4) is 0 Å². The highest BCUT2D eigenvalue weighted by molar-refractivity contribution is 7.88. The fourth-order valence-electron chi connectivity index (χ4n) is 2.80. The highest BCUT2D eigenvalue weighted by Gasteiger charge is 2.22. The lowest BCUT2D eigenvalue weighted by Crippen LogP contribution is -2.41. The van der Waals surface area contributed by atoms with Gasteiger partial charge in [-0.25, -0.2) is 12.7 Å². The summed E-state index contributed by atoms with van der Waals surface area (Å²) in [5.41, 5.74) is 0.979. The summed E-state index contributed by atoms with van der Waals surface area (Å²) >= 11 is 5.95. The molecule has 1 amide bonds. The van der Waals surface area contributed by atoms with E-state index >= 15 is 0 Å². The summed E-state index contributed by atoms with van der Waals surface area (Å²) < 4.78 is 30.6. The molecule has 1 aliphatic heterocycles. The van der Waals surface area contributed by atoms with E-state index in [1.807, 2.05) is 18.2 Å². The Morgan fingerprint density at radius 3 is 2.68 bits per heavy atom. The molecular weight excluding hydrogens is 364 g/mol. The quantitative estimate of drug-likeness (QED) is 0.735. The van der Waals surface area contributed by atoms with Crippen LogP contribution in [0, 0.1) is 5.92 Å². The number of carbonyl (C=O) groups is 1. The Hall–Kier alpha value is -1.15. The summed E-state index contributed by atoms with van der Waals surface area (Å²) in [5, 5.41) is 3.47. The summed E-state index contributed by atoms with van der Waals surface area (Å²) in [6.07, 6.45) is 3.19. The number of nitrogens with one attached hydrogen (secondary N) is 1. The summed E-state index contributed by atoms with van der Waals surface area (Å²) in [6, 6.07) is 7.37. The van der Waals surface area contributed by atoms with E-state index in [0.717, 1.165) is 18.4 Å². The summed E-state index contributed by atoms with van der Waals surface area (Å²) in [4.78, 5) is 12.1. The topological polar surface area (TPSA) is 75.7 Å². The van der Waals surface area contributed by atoms with E-state index in [4.69, 9.17) is 16.3 Å². The second-order valence-corrected chi connectivity index (χ2v) is 8.64. The number of hydrogen-bond donors (Lipinski definition) is 1. The van der Waals surface area contributed by atoms with Crippen LogP contribution in [0.5, 0.6) is 0 Å². The van der Waals surface area contributed by atoms with Crippen LogP contribution >= 0.6 is 11.6 Å². The van der Waals surface area contributed by atoms with Crippen molar-refractivity contribution in [2.24, 2.45) is 5.92 Å². The molecule has 0 saturated carbocycles. The lowest BCUT2D eigenvalue weighted by molar-refractivity contribution is -0.127.